The van der Waals surface area contributed by atoms with E-state index in [2.05, 4.69) is 9.97 Å². The number of fused-ring (bicyclic) bond motifs is 2. The Balaban J connectivity index is 1.73. The van der Waals surface area contributed by atoms with E-state index in [-0.39, 0.29) is 11.4 Å². The average molecular weight is 404 g/mol. The van der Waals surface area contributed by atoms with Crippen LogP contribution in [-0.2, 0) is 6.18 Å². The molecule has 5 aromatic rings. The van der Waals surface area contributed by atoms with Gasteiger partial charge in [0, 0.05) is 16.3 Å². The molecule has 148 valence electrons. The highest BCUT2D eigenvalue weighted by Crippen LogP contribution is 2.41. The first-order valence-electron chi connectivity index (χ1n) is 9.29. The van der Waals surface area contributed by atoms with Crippen molar-refractivity contribution in [1.82, 2.24) is 9.97 Å². The molecule has 0 fully saturated rings. The number of aromatic amines is 1. The molecule has 0 aliphatic carbocycles. The Bertz CT molecular complexity index is 1400. The summed E-state index contributed by atoms with van der Waals surface area (Å²) < 4.78 is 40.5. The first kappa shape index (κ1) is 18.2. The van der Waals surface area contributed by atoms with Crippen LogP contribution in [0.15, 0.2) is 78.9 Å². The maximum Gasteiger partial charge on any atom is 0.417 e. The summed E-state index contributed by atoms with van der Waals surface area (Å²) in [5, 5.41) is 12.1. The molecule has 5 rings (SSSR count). The zero-order valence-corrected chi connectivity index (χ0v) is 15.5. The van der Waals surface area contributed by atoms with Gasteiger partial charge in [0.05, 0.1) is 22.3 Å². The first-order valence-corrected chi connectivity index (χ1v) is 9.29. The molecule has 0 radical (unpaired) electrons. The Morgan fingerprint density at radius 2 is 1.60 bits per heavy atom. The molecule has 0 aliphatic heterocycles. The number of nitrogens with one attached hydrogen (secondary N) is 1. The van der Waals surface area contributed by atoms with Crippen molar-refractivity contribution < 1.29 is 18.3 Å². The van der Waals surface area contributed by atoms with E-state index in [1.54, 1.807) is 30.3 Å². The summed E-state index contributed by atoms with van der Waals surface area (Å²) in [4.78, 5) is 7.52. The van der Waals surface area contributed by atoms with Gasteiger partial charge in [-0.3, -0.25) is 0 Å². The van der Waals surface area contributed by atoms with Gasteiger partial charge in [-0.1, -0.05) is 48.5 Å². The molecular formula is C24H15F3N2O. The van der Waals surface area contributed by atoms with Crippen molar-refractivity contribution in [3.63, 3.8) is 0 Å². The van der Waals surface area contributed by atoms with Crippen LogP contribution < -0.4 is 0 Å². The van der Waals surface area contributed by atoms with Gasteiger partial charge in [-0.15, -0.1) is 0 Å². The second-order valence-electron chi connectivity index (χ2n) is 7.04. The lowest BCUT2D eigenvalue weighted by atomic mass is 9.97. The first-order chi connectivity index (χ1) is 14.4. The Kier molecular flexibility index (Phi) is 4.03. The molecule has 2 N–H and O–H groups in total. The van der Waals surface area contributed by atoms with Gasteiger partial charge in [0.1, 0.15) is 0 Å². The van der Waals surface area contributed by atoms with Crippen LogP contribution in [0.25, 0.3) is 44.2 Å². The minimum atomic E-state index is -4.46. The Morgan fingerprint density at radius 1 is 0.833 bits per heavy atom. The number of benzene rings is 3. The van der Waals surface area contributed by atoms with E-state index in [0.717, 1.165) is 17.0 Å². The fourth-order valence-corrected chi connectivity index (χ4v) is 3.79. The summed E-state index contributed by atoms with van der Waals surface area (Å²) in [5.74, 6) is -0.0750. The summed E-state index contributed by atoms with van der Waals surface area (Å²) >= 11 is 0. The predicted molar refractivity (Wildman–Crippen MR) is 111 cm³/mol. The molecule has 0 saturated carbocycles. The lowest BCUT2D eigenvalue weighted by molar-refractivity contribution is -0.137. The third-order valence-corrected chi connectivity index (χ3v) is 5.18. The number of alkyl halides is 3. The molecule has 0 atom stereocenters. The van der Waals surface area contributed by atoms with Gasteiger partial charge in [0.25, 0.3) is 0 Å². The minimum Gasteiger partial charge on any atom is -0.494 e. The number of aromatic nitrogens is 2. The van der Waals surface area contributed by atoms with Gasteiger partial charge in [-0.05, 0) is 41.5 Å². The van der Waals surface area contributed by atoms with Crippen LogP contribution in [0.5, 0.6) is 5.88 Å². The lowest BCUT2D eigenvalue weighted by Crippen LogP contribution is -2.06. The quantitative estimate of drug-likeness (QED) is 0.341. The van der Waals surface area contributed by atoms with Gasteiger partial charge in [-0.2, -0.15) is 13.2 Å². The number of pyridine rings is 1. The van der Waals surface area contributed by atoms with E-state index in [9.17, 15) is 18.3 Å². The van der Waals surface area contributed by atoms with E-state index in [1.807, 2.05) is 30.3 Å². The van der Waals surface area contributed by atoms with E-state index in [1.165, 1.54) is 12.1 Å². The normalized spacial score (nSPS) is 12.0. The van der Waals surface area contributed by atoms with Gasteiger partial charge >= 0.3 is 6.18 Å². The van der Waals surface area contributed by atoms with Gasteiger partial charge < -0.3 is 10.1 Å². The molecule has 2 heterocycles. The minimum absolute atomic E-state index is 0.0750. The number of H-pyrrole nitrogens is 1. The third-order valence-electron chi connectivity index (χ3n) is 5.18. The van der Waals surface area contributed by atoms with Gasteiger partial charge in [0.15, 0.2) is 5.88 Å². The molecular weight excluding hydrogens is 389 g/mol. The number of rotatable bonds is 2. The number of hydrogen-bond donors (Lipinski definition) is 2. The fourth-order valence-electron chi connectivity index (χ4n) is 3.79. The van der Waals surface area contributed by atoms with Crippen molar-refractivity contribution in [2.75, 3.05) is 0 Å². The molecule has 0 amide bonds. The number of para-hydroxylation sites is 1. The number of nitrogens with zero attached hydrogens (tertiary/aromatic N) is 1. The second kappa shape index (κ2) is 6.62. The van der Waals surface area contributed by atoms with Crippen LogP contribution in [0.3, 0.4) is 0 Å². The highest BCUT2D eigenvalue weighted by atomic mass is 19.4. The molecule has 0 bridgehead atoms. The molecule has 0 spiro atoms. The Hall–Kier alpha value is -3.80. The average Bonchev–Trinajstić information content (AvgIpc) is 3.07. The van der Waals surface area contributed by atoms with Crippen LogP contribution >= 0.6 is 0 Å². The standard InChI is InChI=1S/C24H15F3N2O/c25-24(26,27)18-7-3-2-6-16(18)15-10-11-20-17(13-15)22(23(30)29-20)21-12-9-14-5-1-4-8-19(14)28-21/h1-13,29-30H. The van der Waals surface area contributed by atoms with Crippen molar-refractivity contribution in [3.05, 3.63) is 84.4 Å². The zero-order chi connectivity index (χ0) is 20.9. The van der Waals surface area contributed by atoms with Crippen molar-refractivity contribution in [3.8, 4) is 28.3 Å². The largest absolute Gasteiger partial charge is 0.494 e. The highest BCUT2D eigenvalue weighted by molar-refractivity contribution is 6.01. The van der Waals surface area contributed by atoms with Crippen molar-refractivity contribution in [2.45, 2.75) is 6.18 Å². The molecule has 3 aromatic carbocycles. The molecule has 0 aliphatic rings. The Labute approximate surface area is 169 Å². The van der Waals surface area contributed by atoms with E-state index in [4.69, 9.17) is 0 Å². The zero-order valence-electron chi connectivity index (χ0n) is 15.5. The summed E-state index contributed by atoms with van der Waals surface area (Å²) in [6.07, 6.45) is -4.46. The van der Waals surface area contributed by atoms with E-state index in [0.29, 0.717) is 27.7 Å². The van der Waals surface area contributed by atoms with Crippen molar-refractivity contribution in [1.29, 1.82) is 0 Å². The van der Waals surface area contributed by atoms with Crippen LogP contribution in [0, 0.1) is 0 Å². The maximum absolute atomic E-state index is 13.5. The highest BCUT2D eigenvalue weighted by Gasteiger charge is 2.33. The summed E-state index contributed by atoms with van der Waals surface area (Å²) in [6.45, 7) is 0. The summed E-state index contributed by atoms with van der Waals surface area (Å²) in [6, 6.07) is 21.7. The molecule has 6 heteroatoms. The number of hydrogen-bond acceptors (Lipinski definition) is 2. The van der Waals surface area contributed by atoms with Gasteiger partial charge in [-0.25, -0.2) is 4.98 Å². The SMILES string of the molecule is Oc1[nH]c2ccc(-c3ccccc3C(F)(F)F)cc2c1-c1ccc2ccccc2n1. The summed E-state index contributed by atoms with van der Waals surface area (Å²) in [5.41, 5.74) is 2.18. The Morgan fingerprint density at radius 3 is 2.43 bits per heavy atom. The molecule has 0 saturated heterocycles. The topological polar surface area (TPSA) is 48.9 Å². The number of halogens is 3. The number of aromatic hydroxyl groups is 1. The smallest absolute Gasteiger partial charge is 0.417 e. The molecule has 0 unspecified atom stereocenters. The second-order valence-corrected chi connectivity index (χ2v) is 7.04. The van der Waals surface area contributed by atoms with Crippen molar-refractivity contribution in [2.24, 2.45) is 0 Å². The fraction of sp³-hybridized carbons (Fsp3) is 0.0417. The van der Waals surface area contributed by atoms with Gasteiger partial charge in [0.2, 0.25) is 0 Å². The predicted octanol–water partition coefficient (Wildman–Crippen LogP) is 6.77. The summed E-state index contributed by atoms with van der Waals surface area (Å²) in [7, 11) is 0. The maximum atomic E-state index is 13.5. The van der Waals surface area contributed by atoms with E-state index >= 15 is 0 Å². The van der Waals surface area contributed by atoms with Crippen LogP contribution in [0.1, 0.15) is 5.56 Å². The lowest BCUT2D eigenvalue weighted by Gasteiger charge is -2.13. The van der Waals surface area contributed by atoms with E-state index < -0.39 is 11.7 Å². The van der Waals surface area contributed by atoms with Crippen LogP contribution in [-0.4, -0.2) is 15.1 Å². The van der Waals surface area contributed by atoms with Crippen molar-refractivity contribution >= 4 is 21.8 Å². The third kappa shape index (κ3) is 2.97. The molecule has 30 heavy (non-hydrogen) atoms. The van der Waals surface area contributed by atoms with Crippen LogP contribution in [0.4, 0.5) is 13.2 Å². The monoisotopic (exact) mass is 404 g/mol. The van der Waals surface area contributed by atoms with Crippen LogP contribution in [0.2, 0.25) is 0 Å². The molecule has 2 aromatic heterocycles. The molecule has 3 nitrogen and oxygen atoms in total.